The molecule has 0 saturated carbocycles. The zero-order valence-corrected chi connectivity index (χ0v) is 11.1. The van der Waals surface area contributed by atoms with E-state index in [-0.39, 0.29) is 5.00 Å². The zero-order valence-electron chi connectivity index (χ0n) is 9.51. The smallest absolute Gasteiger partial charge is 0.345 e. The third-order valence-electron chi connectivity index (χ3n) is 2.88. The van der Waals surface area contributed by atoms with E-state index < -0.39 is 4.92 Å². The van der Waals surface area contributed by atoms with Crippen LogP contribution in [0.15, 0.2) is 12.3 Å². The van der Waals surface area contributed by atoms with Gasteiger partial charge in [0.15, 0.2) is 5.13 Å². The van der Waals surface area contributed by atoms with Crippen molar-refractivity contribution in [1.82, 2.24) is 4.98 Å². The van der Waals surface area contributed by atoms with E-state index in [2.05, 4.69) is 16.4 Å². The summed E-state index contributed by atoms with van der Waals surface area (Å²) < 4.78 is 0. The molecule has 7 heteroatoms. The monoisotopic (exact) mass is 281 g/mol. The third kappa shape index (κ3) is 2.23. The molecule has 94 valence electrons. The maximum absolute atomic E-state index is 10.5. The highest BCUT2D eigenvalue weighted by molar-refractivity contribution is 7.18. The maximum atomic E-state index is 10.5. The topological polar surface area (TPSA) is 68.1 Å². The molecule has 1 aliphatic carbocycles. The number of nitro groups is 1. The van der Waals surface area contributed by atoms with Crippen LogP contribution in [-0.4, -0.2) is 9.91 Å². The summed E-state index contributed by atoms with van der Waals surface area (Å²) in [5.41, 5.74) is 1.47. The molecule has 0 bridgehead atoms. The predicted octanol–water partition coefficient (Wildman–Crippen LogP) is 3.21. The van der Waals surface area contributed by atoms with E-state index >= 15 is 0 Å². The standard InChI is InChI=1S/C11H11N3O2S2/c15-14(16)10-6-13-11(18-10)12-5-8-4-7-2-1-3-9(7)17-8/h4,6H,1-3,5H2,(H,12,13). The van der Waals surface area contributed by atoms with Gasteiger partial charge in [0.2, 0.25) is 0 Å². The van der Waals surface area contributed by atoms with Crippen LogP contribution < -0.4 is 5.32 Å². The fourth-order valence-corrected chi connectivity index (χ4v) is 3.90. The van der Waals surface area contributed by atoms with Gasteiger partial charge in [-0.3, -0.25) is 10.1 Å². The quantitative estimate of drug-likeness (QED) is 0.690. The summed E-state index contributed by atoms with van der Waals surface area (Å²) in [4.78, 5) is 16.9. The van der Waals surface area contributed by atoms with Crippen LogP contribution >= 0.6 is 22.7 Å². The van der Waals surface area contributed by atoms with Crippen LogP contribution in [0.1, 0.15) is 21.7 Å². The Balaban J connectivity index is 1.64. The SMILES string of the molecule is O=[N+]([O-])c1cnc(NCc2cc3c(s2)CCC3)s1. The highest BCUT2D eigenvalue weighted by Gasteiger charge is 2.15. The third-order valence-corrected chi connectivity index (χ3v) is 5.03. The number of thiazole rings is 1. The predicted molar refractivity (Wildman–Crippen MR) is 72.4 cm³/mol. The lowest BCUT2D eigenvalue weighted by Gasteiger charge is -1.98. The average molecular weight is 281 g/mol. The molecule has 0 radical (unpaired) electrons. The van der Waals surface area contributed by atoms with Gasteiger partial charge in [-0.1, -0.05) is 0 Å². The van der Waals surface area contributed by atoms with Crippen LogP contribution in [-0.2, 0) is 19.4 Å². The molecule has 1 aliphatic rings. The summed E-state index contributed by atoms with van der Waals surface area (Å²) in [6.45, 7) is 0.697. The molecule has 0 fully saturated rings. The first-order chi connectivity index (χ1) is 8.72. The normalized spacial score (nSPS) is 13.6. The van der Waals surface area contributed by atoms with Gasteiger partial charge in [0.25, 0.3) is 0 Å². The van der Waals surface area contributed by atoms with Crippen molar-refractivity contribution in [2.75, 3.05) is 5.32 Å². The lowest BCUT2D eigenvalue weighted by atomic mass is 10.2. The van der Waals surface area contributed by atoms with E-state index in [0.29, 0.717) is 11.7 Å². The number of aromatic nitrogens is 1. The molecule has 0 atom stereocenters. The number of hydrogen-bond donors (Lipinski definition) is 1. The van der Waals surface area contributed by atoms with E-state index in [1.807, 2.05) is 11.3 Å². The van der Waals surface area contributed by atoms with Crippen molar-refractivity contribution in [3.8, 4) is 0 Å². The first-order valence-corrected chi connectivity index (χ1v) is 7.30. The summed E-state index contributed by atoms with van der Waals surface area (Å²) in [6.07, 6.45) is 4.95. The van der Waals surface area contributed by atoms with Gasteiger partial charge in [0.1, 0.15) is 6.20 Å². The Morgan fingerprint density at radius 2 is 2.33 bits per heavy atom. The largest absolute Gasteiger partial charge is 0.356 e. The molecule has 0 aromatic carbocycles. The Morgan fingerprint density at radius 1 is 1.44 bits per heavy atom. The van der Waals surface area contributed by atoms with Gasteiger partial charge in [0, 0.05) is 9.75 Å². The summed E-state index contributed by atoms with van der Waals surface area (Å²) in [5.74, 6) is 0. The molecule has 0 spiro atoms. The van der Waals surface area contributed by atoms with Crippen LogP contribution in [0.2, 0.25) is 0 Å². The summed E-state index contributed by atoms with van der Waals surface area (Å²) >= 11 is 2.91. The van der Waals surface area contributed by atoms with Gasteiger partial charge in [-0.2, -0.15) is 0 Å². The molecule has 5 nitrogen and oxygen atoms in total. The first kappa shape index (κ1) is 11.6. The number of nitrogens with zero attached hydrogens (tertiary/aromatic N) is 2. The van der Waals surface area contributed by atoms with Crippen LogP contribution in [0.25, 0.3) is 0 Å². The molecule has 3 rings (SSSR count). The highest BCUT2D eigenvalue weighted by Crippen LogP contribution is 2.31. The van der Waals surface area contributed by atoms with Crippen LogP contribution in [0.5, 0.6) is 0 Å². The lowest BCUT2D eigenvalue weighted by Crippen LogP contribution is -1.96. The number of aryl methyl sites for hydroxylation is 2. The molecule has 0 unspecified atom stereocenters. The Morgan fingerprint density at radius 3 is 3.06 bits per heavy atom. The van der Waals surface area contributed by atoms with Crippen molar-refractivity contribution in [1.29, 1.82) is 0 Å². The maximum Gasteiger partial charge on any atom is 0.345 e. The second-order valence-corrected chi connectivity index (χ2v) is 6.36. The number of fused-ring (bicyclic) bond motifs is 1. The van der Waals surface area contributed by atoms with E-state index in [1.54, 1.807) is 0 Å². The molecule has 2 aromatic heterocycles. The fourth-order valence-electron chi connectivity index (χ4n) is 2.07. The van der Waals surface area contributed by atoms with Gasteiger partial charge < -0.3 is 5.32 Å². The number of anilines is 1. The van der Waals surface area contributed by atoms with E-state index in [9.17, 15) is 10.1 Å². The van der Waals surface area contributed by atoms with Crippen LogP contribution in [0.3, 0.4) is 0 Å². The number of rotatable bonds is 4. The molecule has 2 aromatic rings. The molecule has 0 saturated heterocycles. The van der Waals surface area contributed by atoms with Gasteiger partial charge in [-0.25, -0.2) is 4.98 Å². The van der Waals surface area contributed by atoms with E-state index in [0.717, 1.165) is 11.3 Å². The van der Waals surface area contributed by atoms with Gasteiger partial charge in [-0.15, -0.1) is 11.3 Å². The average Bonchev–Trinajstić information content (AvgIpc) is 3.01. The van der Waals surface area contributed by atoms with Crippen molar-refractivity contribution in [2.45, 2.75) is 25.8 Å². The molecule has 1 N–H and O–H groups in total. The number of nitrogens with one attached hydrogen (secondary N) is 1. The Labute approximate surface area is 112 Å². The Hall–Kier alpha value is -1.47. The van der Waals surface area contributed by atoms with Crippen molar-refractivity contribution in [3.05, 3.63) is 37.7 Å². The Kier molecular flexibility index (Phi) is 3.00. The Bertz CT molecular complexity index is 569. The number of thiophene rings is 1. The fraction of sp³-hybridized carbons (Fsp3) is 0.364. The lowest BCUT2D eigenvalue weighted by molar-refractivity contribution is -0.380. The van der Waals surface area contributed by atoms with Crippen molar-refractivity contribution in [2.24, 2.45) is 0 Å². The van der Waals surface area contributed by atoms with Crippen molar-refractivity contribution >= 4 is 32.8 Å². The van der Waals surface area contributed by atoms with E-state index in [1.165, 1.54) is 40.8 Å². The summed E-state index contributed by atoms with van der Waals surface area (Å²) in [7, 11) is 0. The van der Waals surface area contributed by atoms with Crippen LogP contribution in [0, 0.1) is 10.1 Å². The molecule has 0 amide bonds. The highest BCUT2D eigenvalue weighted by atomic mass is 32.1. The van der Waals surface area contributed by atoms with Crippen LogP contribution in [0.4, 0.5) is 10.1 Å². The molecular weight excluding hydrogens is 270 g/mol. The minimum atomic E-state index is -0.414. The second-order valence-electron chi connectivity index (χ2n) is 4.13. The van der Waals surface area contributed by atoms with Gasteiger partial charge >= 0.3 is 5.00 Å². The molecule has 18 heavy (non-hydrogen) atoms. The minimum absolute atomic E-state index is 0.0752. The molecule has 0 aliphatic heterocycles. The van der Waals surface area contributed by atoms with Gasteiger partial charge in [-0.05, 0) is 42.2 Å². The molecule has 2 heterocycles. The second kappa shape index (κ2) is 4.66. The van der Waals surface area contributed by atoms with E-state index in [4.69, 9.17) is 0 Å². The summed E-state index contributed by atoms with van der Waals surface area (Å²) in [6, 6.07) is 2.24. The van der Waals surface area contributed by atoms with Gasteiger partial charge in [0.05, 0.1) is 11.5 Å². The summed E-state index contributed by atoms with van der Waals surface area (Å²) in [5, 5.41) is 14.4. The van der Waals surface area contributed by atoms with Crippen molar-refractivity contribution in [3.63, 3.8) is 0 Å². The minimum Gasteiger partial charge on any atom is -0.356 e. The number of hydrogen-bond acceptors (Lipinski definition) is 6. The first-order valence-electron chi connectivity index (χ1n) is 5.67. The van der Waals surface area contributed by atoms with Crippen molar-refractivity contribution < 1.29 is 4.92 Å². The zero-order chi connectivity index (χ0) is 12.5. The molecular formula is C11H11N3O2S2.